The first-order valence-corrected chi connectivity index (χ1v) is 10.3. The molecule has 0 saturated carbocycles. The van der Waals surface area contributed by atoms with Crippen molar-refractivity contribution in [1.29, 1.82) is 0 Å². The maximum absolute atomic E-state index is 13.2. The van der Waals surface area contributed by atoms with Crippen LogP contribution < -0.4 is 9.47 Å². The molecule has 9 heteroatoms. The van der Waals surface area contributed by atoms with Crippen LogP contribution >= 0.6 is 11.3 Å². The third kappa shape index (κ3) is 5.97. The van der Waals surface area contributed by atoms with Gasteiger partial charge in [-0.15, -0.1) is 11.3 Å². The number of ether oxygens (including phenoxy) is 2. The molecular formula is C22H20F3NO4S. The van der Waals surface area contributed by atoms with Gasteiger partial charge < -0.3 is 14.6 Å². The molecule has 5 nitrogen and oxygen atoms in total. The first-order valence-electron chi connectivity index (χ1n) is 9.40. The SMILES string of the molecule is COc1cc(CC(=O)O)ccc1OCCCc1nc(-c2ccccc2C(F)(F)F)cs1. The molecule has 0 saturated heterocycles. The van der Waals surface area contributed by atoms with Crippen LogP contribution in [0.4, 0.5) is 13.2 Å². The summed E-state index contributed by atoms with van der Waals surface area (Å²) in [6.07, 6.45) is -3.39. The van der Waals surface area contributed by atoms with Crippen molar-refractivity contribution in [2.45, 2.75) is 25.4 Å². The zero-order valence-electron chi connectivity index (χ0n) is 16.6. The third-order valence-electron chi connectivity index (χ3n) is 4.44. The highest BCUT2D eigenvalue weighted by molar-refractivity contribution is 7.09. The predicted octanol–water partition coefficient (Wildman–Crippen LogP) is 5.48. The summed E-state index contributed by atoms with van der Waals surface area (Å²) in [6.45, 7) is 0.350. The molecule has 0 bridgehead atoms. The lowest BCUT2D eigenvalue weighted by atomic mass is 10.1. The van der Waals surface area contributed by atoms with E-state index in [-0.39, 0.29) is 12.0 Å². The van der Waals surface area contributed by atoms with E-state index in [1.165, 1.54) is 30.6 Å². The van der Waals surface area contributed by atoms with Gasteiger partial charge in [-0.25, -0.2) is 4.98 Å². The van der Waals surface area contributed by atoms with Gasteiger partial charge in [0.2, 0.25) is 0 Å². The number of aryl methyl sites for hydroxylation is 1. The molecule has 1 N–H and O–H groups in total. The van der Waals surface area contributed by atoms with Crippen LogP contribution in [0.3, 0.4) is 0 Å². The number of methoxy groups -OCH3 is 1. The van der Waals surface area contributed by atoms with Crippen LogP contribution in [-0.2, 0) is 23.8 Å². The van der Waals surface area contributed by atoms with Crippen molar-refractivity contribution in [2.75, 3.05) is 13.7 Å². The van der Waals surface area contributed by atoms with E-state index in [1.54, 1.807) is 29.6 Å². The Kier molecular flexibility index (Phi) is 7.17. The van der Waals surface area contributed by atoms with E-state index in [9.17, 15) is 18.0 Å². The molecule has 0 aliphatic carbocycles. The van der Waals surface area contributed by atoms with Crippen molar-refractivity contribution < 1.29 is 32.5 Å². The first-order chi connectivity index (χ1) is 14.8. The minimum absolute atomic E-state index is 0.0694. The number of carbonyl (C=O) groups is 1. The van der Waals surface area contributed by atoms with Gasteiger partial charge in [0.15, 0.2) is 11.5 Å². The summed E-state index contributed by atoms with van der Waals surface area (Å²) in [5, 5.41) is 11.2. The number of hydrogen-bond acceptors (Lipinski definition) is 5. The second-order valence-electron chi connectivity index (χ2n) is 6.68. The maximum atomic E-state index is 13.2. The standard InChI is InChI=1S/C22H20F3NO4S/c1-29-19-11-14(12-21(27)28)8-9-18(19)30-10-4-7-20-26-17(13-31-20)15-5-2-3-6-16(15)22(23,24)25/h2-3,5-6,8-9,11,13H,4,7,10,12H2,1H3,(H,27,28). The third-order valence-corrected chi connectivity index (χ3v) is 5.34. The summed E-state index contributed by atoms with van der Waals surface area (Å²) in [4.78, 5) is 15.2. The lowest BCUT2D eigenvalue weighted by Crippen LogP contribution is -2.07. The average Bonchev–Trinajstić information content (AvgIpc) is 3.19. The highest BCUT2D eigenvalue weighted by atomic mass is 32.1. The summed E-state index contributed by atoms with van der Waals surface area (Å²) in [7, 11) is 1.47. The Hall–Kier alpha value is -3.07. The van der Waals surface area contributed by atoms with E-state index in [0.29, 0.717) is 42.2 Å². The second-order valence-corrected chi connectivity index (χ2v) is 7.62. The van der Waals surface area contributed by atoms with Crippen LogP contribution in [-0.4, -0.2) is 29.8 Å². The number of hydrogen-bond donors (Lipinski definition) is 1. The summed E-state index contributed by atoms with van der Waals surface area (Å²) in [5.74, 6) is 0.00556. The number of aromatic nitrogens is 1. The van der Waals surface area contributed by atoms with Crippen LogP contribution in [0.15, 0.2) is 47.8 Å². The molecule has 1 heterocycles. The van der Waals surface area contributed by atoms with Crippen molar-refractivity contribution in [2.24, 2.45) is 0 Å². The zero-order chi connectivity index (χ0) is 22.4. The number of carboxylic acids is 1. The molecule has 3 aromatic rings. The van der Waals surface area contributed by atoms with E-state index >= 15 is 0 Å². The van der Waals surface area contributed by atoms with E-state index in [0.717, 1.165) is 11.1 Å². The maximum Gasteiger partial charge on any atom is 0.417 e. The van der Waals surface area contributed by atoms with E-state index in [2.05, 4.69) is 4.98 Å². The van der Waals surface area contributed by atoms with Gasteiger partial charge in [-0.3, -0.25) is 4.79 Å². The number of halogens is 3. The van der Waals surface area contributed by atoms with Crippen molar-refractivity contribution in [1.82, 2.24) is 4.98 Å². The Bertz CT molecular complexity index is 1050. The fraction of sp³-hybridized carbons (Fsp3) is 0.273. The normalized spacial score (nSPS) is 11.4. The number of carboxylic acid groups (broad SMARTS) is 1. The van der Waals surface area contributed by atoms with Gasteiger partial charge in [0, 0.05) is 17.4 Å². The van der Waals surface area contributed by atoms with Crippen molar-refractivity contribution in [3.63, 3.8) is 0 Å². The Balaban J connectivity index is 1.59. The quantitative estimate of drug-likeness (QED) is 0.437. The van der Waals surface area contributed by atoms with E-state index in [1.807, 2.05) is 0 Å². The number of rotatable bonds is 9. The zero-order valence-corrected chi connectivity index (χ0v) is 17.4. The van der Waals surface area contributed by atoms with Gasteiger partial charge >= 0.3 is 12.1 Å². The molecule has 3 rings (SSSR count). The highest BCUT2D eigenvalue weighted by Gasteiger charge is 2.33. The van der Waals surface area contributed by atoms with Gasteiger partial charge in [-0.2, -0.15) is 13.2 Å². The number of alkyl halides is 3. The second kappa shape index (κ2) is 9.82. The fourth-order valence-electron chi connectivity index (χ4n) is 3.02. The Labute approximate surface area is 181 Å². The van der Waals surface area contributed by atoms with Crippen LogP contribution in [0, 0.1) is 0 Å². The van der Waals surface area contributed by atoms with Gasteiger partial charge in [0.05, 0.1) is 36.4 Å². The molecule has 0 amide bonds. The largest absolute Gasteiger partial charge is 0.493 e. The van der Waals surface area contributed by atoms with E-state index < -0.39 is 17.7 Å². The molecule has 31 heavy (non-hydrogen) atoms. The predicted molar refractivity (Wildman–Crippen MR) is 111 cm³/mol. The number of benzene rings is 2. The monoisotopic (exact) mass is 451 g/mol. The van der Waals surface area contributed by atoms with Crippen LogP contribution in [0.25, 0.3) is 11.3 Å². The molecule has 164 valence electrons. The summed E-state index contributed by atoms with van der Waals surface area (Å²) >= 11 is 1.31. The van der Waals surface area contributed by atoms with Gasteiger partial charge in [-0.1, -0.05) is 24.3 Å². The van der Waals surface area contributed by atoms with Crippen LogP contribution in [0.2, 0.25) is 0 Å². The minimum Gasteiger partial charge on any atom is -0.493 e. The Morgan fingerprint density at radius 3 is 2.65 bits per heavy atom. The van der Waals surface area contributed by atoms with Crippen molar-refractivity contribution in [3.8, 4) is 22.8 Å². The lowest BCUT2D eigenvalue weighted by molar-refractivity contribution is -0.137. The van der Waals surface area contributed by atoms with Gasteiger partial charge in [0.25, 0.3) is 0 Å². The van der Waals surface area contributed by atoms with Gasteiger partial charge in [0.1, 0.15) is 0 Å². The average molecular weight is 451 g/mol. The molecule has 0 unspecified atom stereocenters. The molecular weight excluding hydrogens is 431 g/mol. The Morgan fingerprint density at radius 1 is 1.16 bits per heavy atom. The number of thiazole rings is 1. The van der Waals surface area contributed by atoms with Crippen LogP contribution in [0.1, 0.15) is 22.6 Å². The highest BCUT2D eigenvalue weighted by Crippen LogP contribution is 2.37. The summed E-state index contributed by atoms with van der Waals surface area (Å²) in [6, 6.07) is 10.3. The molecule has 2 aromatic carbocycles. The first kappa shape index (κ1) is 22.6. The molecule has 0 aliphatic rings. The van der Waals surface area contributed by atoms with Crippen molar-refractivity contribution >= 4 is 17.3 Å². The molecule has 1 aromatic heterocycles. The minimum atomic E-state index is -4.44. The topological polar surface area (TPSA) is 68.7 Å². The summed E-state index contributed by atoms with van der Waals surface area (Å²) < 4.78 is 50.6. The fourth-order valence-corrected chi connectivity index (χ4v) is 3.87. The Morgan fingerprint density at radius 2 is 1.94 bits per heavy atom. The molecule has 0 atom stereocenters. The van der Waals surface area contributed by atoms with Crippen molar-refractivity contribution in [3.05, 3.63) is 64.0 Å². The molecule has 0 spiro atoms. The van der Waals surface area contributed by atoms with E-state index in [4.69, 9.17) is 14.6 Å². The van der Waals surface area contributed by atoms with Gasteiger partial charge in [-0.05, 0) is 30.2 Å². The number of aliphatic carboxylic acids is 1. The smallest absolute Gasteiger partial charge is 0.417 e. The molecule has 0 radical (unpaired) electrons. The van der Waals surface area contributed by atoms with Crippen LogP contribution in [0.5, 0.6) is 11.5 Å². The summed E-state index contributed by atoms with van der Waals surface area (Å²) in [5.41, 5.74) is 0.282. The molecule has 0 fully saturated rings. The number of nitrogens with zero attached hydrogens (tertiary/aromatic N) is 1. The molecule has 0 aliphatic heterocycles. The lowest BCUT2D eigenvalue weighted by Gasteiger charge is -2.11.